The molecule has 1 saturated carbocycles. The van der Waals surface area contributed by atoms with E-state index in [1.165, 1.54) is 19.3 Å². The Bertz CT molecular complexity index is 181. The summed E-state index contributed by atoms with van der Waals surface area (Å²) in [5.74, 6) is 1.62. The zero-order valence-electron chi connectivity index (χ0n) is 8.14. The van der Waals surface area contributed by atoms with E-state index in [0.29, 0.717) is 0 Å². The van der Waals surface area contributed by atoms with E-state index < -0.39 is 0 Å². The second-order valence-corrected chi connectivity index (χ2v) is 3.77. The minimum atomic E-state index is 0.775. The summed E-state index contributed by atoms with van der Waals surface area (Å²) in [6.45, 7) is 4.48. The standard InChI is InChI=1S/C11H19N/c1-3-10-7-6-9(2)11(10)5-4-8-12/h3,8-9,11-12H,4-7H2,1-2H3/b10-3+,12-8?. The molecule has 1 nitrogen and oxygen atoms in total. The van der Waals surface area contributed by atoms with Gasteiger partial charge in [0.15, 0.2) is 0 Å². The maximum absolute atomic E-state index is 7.01. The molecule has 0 bridgehead atoms. The van der Waals surface area contributed by atoms with Gasteiger partial charge in [0.2, 0.25) is 0 Å². The van der Waals surface area contributed by atoms with Crippen LogP contribution in [0.25, 0.3) is 0 Å². The van der Waals surface area contributed by atoms with Crippen molar-refractivity contribution in [2.75, 3.05) is 0 Å². The summed E-state index contributed by atoms with van der Waals surface area (Å²) < 4.78 is 0. The summed E-state index contributed by atoms with van der Waals surface area (Å²) in [6, 6.07) is 0. The molecule has 1 fully saturated rings. The van der Waals surface area contributed by atoms with Gasteiger partial charge in [-0.25, -0.2) is 0 Å². The smallest absolute Gasteiger partial charge is 0.00475 e. The Hall–Kier alpha value is -0.590. The molecule has 0 saturated heterocycles. The van der Waals surface area contributed by atoms with E-state index in [4.69, 9.17) is 5.41 Å². The molecule has 0 amide bonds. The molecular weight excluding hydrogens is 146 g/mol. The highest BCUT2D eigenvalue weighted by atomic mass is 14.3. The van der Waals surface area contributed by atoms with E-state index in [0.717, 1.165) is 18.3 Å². The minimum Gasteiger partial charge on any atom is -0.313 e. The molecule has 0 aliphatic heterocycles. The molecule has 0 aromatic carbocycles. The first kappa shape index (κ1) is 9.50. The highest BCUT2D eigenvalue weighted by molar-refractivity contribution is 5.52. The van der Waals surface area contributed by atoms with Crippen LogP contribution in [-0.4, -0.2) is 6.21 Å². The van der Waals surface area contributed by atoms with Crippen molar-refractivity contribution in [1.82, 2.24) is 0 Å². The zero-order chi connectivity index (χ0) is 8.97. The third-order valence-electron chi connectivity index (χ3n) is 3.04. The molecular formula is C11H19N. The highest BCUT2D eigenvalue weighted by Crippen LogP contribution is 2.38. The second kappa shape index (κ2) is 4.44. The molecule has 0 radical (unpaired) electrons. The van der Waals surface area contributed by atoms with Crippen LogP contribution in [0.1, 0.15) is 39.5 Å². The fraction of sp³-hybridized carbons (Fsp3) is 0.727. The molecule has 68 valence electrons. The van der Waals surface area contributed by atoms with Gasteiger partial charge in [0, 0.05) is 0 Å². The van der Waals surface area contributed by atoms with Gasteiger partial charge in [-0.15, -0.1) is 0 Å². The first-order valence-electron chi connectivity index (χ1n) is 4.93. The third-order valence-corrected chi connectivity index (χ3v) is 3.04. The van der Waals surface area contributed by atoms with Gasteiger partial charge < -0.3 is 5.41 Å². The van der Waals surface area contributed by atoms with Crippen molar-refractivity contribution in [3.63, 3.8) is 0 Å². The summed E-state index contributed by atoms with van der Waals surface area (Å²) in [7, 11) is 0. The predicted octanol–water partition coefficient (Wildman–Crippen LogP) is 3.41. The zero-order valence-corrected chi connectivity index (χ0v) is 8.14. The van der Waals surface area contributed by atoms with Gasteiger partial charge >= 0.3 is 0 Å². The normalized spacial score (nSPS) is 32.7. The van der Waals surface area contributed by atoms with E-state index in [9.17, 15) is 0 Å². The molecule has 1 aliphatic carbocycles. The van der Waals surface area contributed by atoms with Gasteiger partial charge in [0.1, 0.15) is 0 Å². The molecule has 12 heavy (non-hydrogen) atoms. The van der Waals surface area contributed by atoms with Gasteiger partial charge in [-0.3, -0.25) is 0 Å². The molecule has 0 spiro atoms. The van der Waals surface area contributed by atoms with Crippen LogP contribution in [0.5, 0.6) is 0 Å². The second-order valence-electron chi connectivity index (χ2n) is 3.77. The molecule has 1 aliphatic rings. The summed E-state index contributed by atoms with van der Waals surface area (Å²) in [6.07, 6.45) is 8.59. The fourth-order valence-electron chi connectivity index (χ4n) is 2.24. The van der Waals surface area contributed by atoms with Gasteiger partial charge in [-0.2, -0.15) is 0 Å². The number of hydrogen-bond acceptors (Lipinski definition) is 1. The van der Waals surface area contributed by atoms with Gasteiger partial charge in [0.25, 0.3) is 0 Å². The molecule has 1 N–H and O–H groups in total. The monoisotopic (exact) mass is 165 g/mol. The molecule has 0 heterocycles. The summed E-state index contributed by atoms with van der Waals surface area (Å²) in [5.41, 5.74) is 1.63. The highest BCUT2D eigenvalue weighted by Gasteiger charge is 2.26. The predicted molar refractivity (Wildman–Crippen MR) is 53.7 cm³/mol. The van der Waals surface area contributed by atoms with Crippen molar-refractivity contribution < 1.29 is 0 Å². The van der Waals surface area contributed by atoms with Crippen LogP contribution in [0.4, 0.5) is 0 Å². The van der Waals surface area contributed by atoms with E-state index in [2.05, 4.69) is 19.9 Å². The number of nitrogens with one attached hydrogen (secondary N) is 1. The number of hydrogen-bond donors (Lipinski definition) is 1. The lowest BCUT2D eigenvalue weighted by atomic mass is 9.90. The van der Waals surface area contributed by atoms with E-state index in [1.54, 1.807) is 11.8 Å². The summed E-state index contributed by atoms with van der Waals surface area (Å²) >= 11 is 0. The van der Waals surface area contributed by atoms with Crippen LogP contribution < -0.4 is 0 Å². The van der Waals surface area contributed by atoms with Gasteiger partial charge in [0.05, 0.1) is 0 Å². The Balaban J connectivity index is 2.52. The van der Waals surface area contributed by atoms with E-state index in [1.807, 2.05) is 0 Å². The van der Waals surface area contributed by atoms with Gasteiger partial charge in [-0.1, -0.05) is 18.6 Å². The van der Waals surface area contributed by atoms with Crippen LogP contribution >= 0.6 is 0 Å². The Kier molecular flexibility index (Phi) is 3.51. The van der Waals surface area contributed by atoms with Crippen LogP contribution in [0.3, 0.4) is 0 Å². The summed E-state index contributed by atoms with van der Waals surface area (Å²) in [5, 5.41) is 7.01. The van der Waals surface area contributed by atoms with E-state index in [-0.39, 0.29) is 0 Å². The largest absolute Gasteiger partial charge is 0.313 e. The molecule has 2 unspecified atom stereocenters. The SMILES string of the molecule is C/C=C1\CCC(C)C1CCC=N. The lowest BCUT2D eigenvalue weighted by Gasteiger charge is -2.15. The van der Waals surface area contributed by atoms with Crippen LogP contribution in [0.15, 0.2) is 11.6 Å². The van der Waals surface area contributed by atoms with Crippen molar-refractivity contribution in [3.8, 4) is 0 Å². The quantitative estimate of drug-likeness (QED) is 0.489. The third kappa shape index (κ3) is 1.96. The summed E-state index contributed by atoms with van der Waals surface area (Å²) in [4.78, 5) is 0. The Morgan fingerprint density at radius 3 is 2.92 bits per heavy atom. The minimum absolute atomic E-state index is 0.775. The lowest BCUT2D eigenvalue weighted by molar-refractivity contribution is 0.439. The molecule has 2 atom stereocenters. The van der Waals surface area contributed by atoms with Crippen molar-refractivity contribution >= 4 is 6.21 Å². The molecule has 1 rings (SSSR count). The molecule has 1 heteroatoms. The van der Waals surface area contributed by atoms with Crippen molar-refractivity contribution in [2.45, 2.75) is 39.5 Å². The number of rotatable bonds is 3. The molecule has 0 aromatic heterocycles. The van der Waals surface area contributed by atoms with Crippen LogP contribution in [0, 0.1) is 17.2 Å². The van der Waals surface area contributed by atoms with Crippen molar-refractivity contribution in [1.29, 1.82) is 5.41 Å². The van der Waals surface area contributed by atoms with Crippen molar-refractivity contribution in [3.05, 3.63) is 11.6 Å². The maximum Gasteiger partial charge on any atom is -0.00475 e. The topological polar surface area (TPSA) is 23.9 Å². The average molecular weight is 165 g/mol. The molecule has 0 aromatic rings. The van der Waals surface area contributed by atoms with Gasteiger partial charge in [-0.05, 0) is 50.7 Å². The Morgan fingerprint density at radius 2 is 2.33 bits per heavy atom. The van der Waals surface area contributed by atoms with Crippen molar-refractivity contribution in [2.24, 2.45) is 11.8 Å². The Morgan fingerprint density at radius 1 is 1.58 bits per heavy atom. The van der Waals surface area contributed by atoms with E-state index >= 15 is 0 Å². The average Bonchev–Trinajstić information content (AvgIpc) is 2.43. The first-order chi connectivity index (χ1) is 5.79. The number of allylic oxidation sites excluding steroid dienone is 2. The van der Waals surface area contributed by atoms with Crippen LogP contribution in [0.2, 0.25) is 0 Å². The fourth-order valence-corrected chi connectivity index (χ4v) is 2.24. The van der Waals surface area contributed by atoms with Crippen LogP contribution in [-0.2, 0) is 0 Å². The first-order valence-corrected chi connectivity index (χ1v) is 4.93. The lowest BCUT2D eigenvalue weighted by Crippen LogP contribution is -2.05. The Labute approximate surface area is 75.4 Å². The maximum atomic E-state index is 7.01.